The number of hydrogen-bond acceptors (Lipinski definition) is 5. The number of allylic oxidation sites excluding steroid dienone is 2. The molecule has 0 aliphatic rings. The fourth-order valence-electron chi connectivity index (χ4n) is 0.621. The van der Waals surface area contributed by atoms with Crippen molar-refractivity contribution in [3.8, 4) is 0 Å². The van der Waals surface area contributed by atoms with Crippen LogP contribution in [0.5, 0.6) is 0 Å². The molecule has 90 valence electrons. The average molecular weight is 230 g/mol. The summed E-state index contributed by atoms with van der Waals surface area (Å²) in [6.45, 7) is 0.587. The van der Waals surface area contributed by atoms with Gasteiger partial charge >= 0.3 is 11.9 Å². The predicted octanol–water partition coefficient (Wildman–Crippen LogP) is -0.530. The van der Waals surface area contributed by atoms with E-state index in [9.17, 15) is 9.59 Å². The number of esters is 1. The smallest absolute Gasteiger partial charge is 0.331 e. The van der Waals surface area contributed by atoms with Crippen LogP contribution in [0.4, 0.5) is 0 Å². The first kappa shape index (κ1) is 14.3. The lowest BCUT2D eigenvalue weighted by atomic mass is 10.3. The van der Waals surface area contributed by atoms with Crippen molar-refractivity contribution in [1.82, 2.24) is 0 Å². The van der Waals surface area contributed by atoms with Gasteiger partial charge in [0.1, 0.15) is 12.7 Å². The maximum absolute atomic E-state index is 10.9. The van der Waals surface area contributed by atoms with Gasteiger partial charge in [-0.25, -0.2) is 9.59 Å². The van der Waals surface area contributed by atoms with Crippen LogP contribution in [0.1, 0.15) is 6.92 Å². The molecule has 0 aliphatic heterocycles. The number of aliphatic hydroxyl groups is 2. The summed E-state index contributed by atoms with van der Waals surface area (Å²) >= 11 is 0. The van der Waals surface area contributed by atoms with Crippen LogP contribution in [0, 0.1) is 0 Å². The first-order chi connectivity index (χ1) is 7.47. The van der Waals surface area contributed by atoms with Gasteiger partial charge in [-0.1, -0.05) is 12.2 Å². The van der Waals surface area contributed by atoms with Crippen molar-refractivity contribution in [1.29, 1.82) is 0 Å². The van der Waals surface area contributed by atoms with Gasteiger partial charge in [0.15, 0.2) is 0 Å². The standard InChI is InChI=1S/C10H14O6/c1-7(10(14)15)3-2-4-9(13)16-6-8(12)5-11/h2-4,8,11-12H,5-6H2,1H3,(H,14,15). The number of carbonyl (C=O) groups excluding carboxylic acids is 1. The molecule has 0 aliphatic carbocycles. The molecular formula is C10H14O6. The maximum Gasteiger partial charge on any atom is 0.331 e. The van der Waals surface area contributed by atoms with Gasteiger partial charge in [0, 0.05) is 11.6 Å². The molecule has 0 aromatic heterocycles. The Labute approximate surface area is 92.5 Å². The molecule has 0 heterocycles. The summed E-state index contributed by atoms with van der Waals surface area (Å²) < 4.78 is 4.52. The lowest BCUT2D eigenvalue weighted by Gasteiger charge is -2.05. The summed E-state index contributed by atoms with van der Waals surface area (Å²) in [6.07, 6.45) is 2.40. The van der Waals surface area contributed by atoms with Crippen molar-refractivity contribution in [3.05, 3.63) is 23.8 Å². The second-order valence-electron chi connectivity index (χ2n) is 2.98. The van der Waals surface area contributed by atoms with Crippen molar-refractivity contribution in [2.24, 2.45) is 0 Å². The van der Waals surface area contributed by atoms with Crippen molar-refractivity contribution in [2.45, 2.75) is 13.0 Å². The summed E-state index contributed by atoms with van der Waals surface area (Å²) in [5.41, 5.74) is 0.0828. The highest BCUT2D eigenvalue weighted by atomic mass is 16.5. The maximum atomic E-state index is 10.9. The Morgan fingerprint density at radius 2 is 2.06 bits per heavy atom. The number of ether oxygens (including phenoxy) is 1. The minimum Gasteiger partial charge on any atom is -0.478 e. The summed E-state index contributed by atoms with van der Waals surface area (Å²) in [4.78, 5) is 21.3. The third-order valence-corrected chi connectivity index (χ3v) is 1.54. The molecule has 0 aromatic carbocycles. The fraction of sp³-hybridized carbons (Fsp3) is 0.400. The Morgan fingerprint density at radius 3 is 2.56 bits per heavy atom. The number of aliphatic carboxylic acids is 1. The molecule has 0 radical (unpaired) electrons. The van der Waals surface area contributed by atoms with Crippen LogP contribution >= 0.6 is 0 Å². The van der Waals surface area contributed by atoms with Crippen LogP contribution < -0.4 is 0 Å². The Kier molecular flexibility index (Phi) is 6.82. The molecule has 0 spiro atoms. The average Bonchev–Trinajstić information content (AvgIpc) is 2.25. The zero-order valence-electron chi connectivity index (χ0n) is 8.79. The Bertz CT molecular complexity index is 304. The lowest BCUT2D eigenvalue weighted by molar-refractivity contribution is -0.141. The highest BCUT2D eigenvalue weighted by molar-refractivity contribution is 5.87. The third kappa shape index (κ3) is 6.74. The number of rotatable bonds is 6. The van der Waals surface area contributed by atoms with Gasteiger partial charge in [-0.2, -0.15) is 0 Å². The van der Waals surface area contributed by atoms with Gasteiger partial charge < -0.3 is 20.1 Å². The van der Waals surface area contributed by atoms with E-state index in [0.29, 0.717) is 0 Å². The molecule has 0 saturated carbocycles. The molecule has 6 heteroatoms. The monoisotopic (exact) mass is 230 g/mol. The second-order valence-corrected chi connectivity index (χ2v) is 2.98. The third-order valence-electron chi connectivity index (χ3n) is 1.54. The van der Waals surface area contributed by atoms with E-state index in [4.69, 9.17) is 15.3 Å². The minimum absolute atomic E-state index is 0.0828. The van der Waals surface area contributed by atoms with Crippen LogP contribution in [-0.2, 0) is 14.3 Å². The molecule has 0 amide bonds. The zero-order valence-corrected chi connectivity index (χ0v) is 8.79. The highest BCUT2D eigenvalue weighted by Gasteiger charge is 2.04. The highest BCUT2D eigenvalue weighted by Crippen LogP contribution is 1.93. The van der Waals surface area contributed by atoms with E-state index in [1.807, 2.05) is 0 Å². The van der Waals surface area contributed by atoms with Gasteiger partial charge in [0.2, 0.25) is 0 Å². The molecule has 1 atom stereocenters. The van der Waals surface area contributed by atoms with Crippen LogP contribution in [0.25, 0.3) is 0 Å². The number of aliphatic hydroxyl groups excluding tert-OH is 2. The molecule has 0 saturated heterocycles. The molecule has 16 heavy (non-hydrogen) atoms. The molecule has 0 aromatic rings. The van der Waals surface area contributed by atoms with Crippen LogP contribution in [0.2, 0.25) is 0 Å². The number of carboxylic acids is 1. The van der Waals surface area contributed by atoms with Crippen LogP contribution in [0.3, 0.4) is 0 Å². The van der Waals surface area contributed by atoms with E-state index in [1.54, 1.807) is 0 Å². The SMILES string of the molecule is CC(=CC=CC(=O)OCC(O)CO)C(=O)O. The number of hydrogen-bond donors (Lipinski definition) is 3. The van der Waals surface area contributed by atoms with Gasteiger partial charge in [0.05, 0.1) is 6.61 Å². The summed E-state index contributed by atoms with van der Waals surface area (Å²) in [5, 5.41) is 25.8. The van der Waals surface area contributed by atoms with E-state index >= 15 is 0 Å². The Balaban J connectivity index is 4.01. The minimum atomic E-state index is -1.10. The van der Waals surface area contributed by atoms with Crippen LogP contribution in [0.15, 0.2) is 23.8 Å². The van der Waals surface area contributed by atoms with Gasteiger partial charge in [0.25, 0.3) is 0 Å². The molecular weight excluding hydrogens is 216 g/mol. The van der Waals surface area contributed by atoms with E-state index in [0.717, 1.165) is 6.08 Å². The molecule has 1 unspecified atom stereocenters. The largest absolute Gasteiger partial charge is 0.478 e. The molecule has 6 nitrogen and oxygen atoms in total. The molecule has 3 N–H and O–H groups in total. The van der Waals surface area contributed by atoms with E-state index in [1.165, 1.54) is 19.1 Å². The summed E-state index contributed by atoms with van der Waals surface area (Å²) in [5.74, 6) is -1.80. The van der Waals surface area contributed by atoms with Crippen molar-refractivity contribution >= 4 is 11.9 Å². The Morgan fingerprint density at radius 1 is 1.44 bits per heavy atom. The first-order valence-electron chi connectivity index (χ1n) is 4.51. The van der Waals surface area contributed by atoms with E-state index in [-0.39, 0.29) is 12.2 Å². The zero-order chi connectivity index (χ0) is 12.6. The normalized spacial score (nSPS) is 13.8. The van der Waals surface area contributed by atoms with Gasteiger partial charge in [-0.15, -0.1) is 0 Å². The van der Waals surface area contributed by atoms with Crippen molar-refractivity contribution in [3.63, 3.8) is 0 Å². The first-order valence-corrected chi connectivity index (χ1v) is 4.51. The molecule has 0 fully saturated rings. The quantitative estimate of drug-likeness (QED) is 0.322. The lowest BCUT2D eigenvalue weighted by Crippen LogP contribution is -2.21. The summed E-state index contributed by atoms with van der Waals surface area (Å²) in [7, 11) is 0. The molecule has 0 bridgehead atoms. The Hall–Kier alpha value is -1.66. The van der Waals surface area contributed by atoms with E-state index < -0.39 is 24.6 Å². The molecule has 0 rings (SSSR count). The van der Waals surface area contributed by atoms with Crippen molar-refractivity contribution < 1.29 is 29.6 Å². The van der Waals surface area contributed by atoms with Gasteiger partial charge in [-0.05, 0) is 6.92 Å². The second kappa shape index (κ2) is 7.61. The summed E-state index contributed by atoms with van der Waals surface area (Å²) in [6, 6.07) is 0. The van der Waals surface area contributed by atoms with Crippen LogP contribution in [-0.4, -0.2) is 46.6 Å². The van der Waals surface area contributed by atoms with Gasteiger partial charge in [-0.3, -0.25) is 0 Å². The predicted molar refractivity (Wildman–Crippen MR) is 54.6 cm³/mol. The fourth-order valence-corrected chi connectivity index (χ4v) is 0.621. The van der Waals surface area contributed by atoms with Crippen molar-refractivity contribution in [2.75, 3.05) is 13.2 Å². The topological polar surface area (TPSA) is 104 Å². The number of carboxylic acid groups (broad SMARTS) is 1. The van der Waals surface area contributed by atoms with E-state index in [2.05, 4.69) is 4.74 Å². The number of carbonyl (C=O) groups is 2.